The summed E-state index contributed by atoms with van der Waals surface area (Å²) < 4.78 is -0.169. The summed E-state index contributed by atoms with van der Waals surface area (Å²) >= 11 is 1.61. The number of rotatable bonds is 1. The zero-order valence-electron chi connectivity index (χ0n) is 5.41. The maximum atomic E-state index is 10.7. The summed E-state index contributed by atoms with van der Waals surface area (Å²) in [5.74, 6) is -0.487. The molecule has 0 aliphatic carbocycles. The summed E-state index contributed by atoms with van der Waals surface area (Å²) in [7, 11) is 0. The molecule has 0 bridgehead atoms. The van der Waals surface area contributed by atoms with Gasteiger partial charge in [0.25, 0.3) is 0 Å². The zero-order chi connectivity index (χ0) is 8.43. The van der Waals surface area contributed by atoms with E-state index in [1.165, 1.54) is 18.2 Å². The molecular formula is C7H5IO3. The van der Waals surface area contributed by atoms with Gasteiger partial charge in [0.05, 0.1) is 0 Å². The quantitative estimate of drug-likeness (QED) is 0.461. The van der Waals surface area contributed by atoms with Gasteiger partial charge in [-0.3, -0.25) is 4.79 Å². The Morgan fingerprint density at radius 2 is 1.91 bits per heavy atom. The van der Waals surface area contributed by atoms with Gasteiger partial charge in [0, 0.05) is 28.2 Å². The van der Waals surface area contributed by atoms with Gasteiger partial charge in [-0.1, -0.05) is 0 Å². The van der Waals surface area contributed by atoms with Crippen LogP contribution in [0.5, 0.6) is 11.5 Å². The van der Waals surface area contributed by atoms with E-state index in [-0.39, 0.29) is 15.3 Å². The van der Waals surface area contributed by atoms with Crippen LogP contribution in [-0.4, -0.2) is 14.0 Å². The summed E-state index contributed by atoms with van der Waals surface area (Å²) in [6.07, 6.45) is 0. The lowest BCUT2D eigenvalue weighted by Gasteiger charge is -1.97. The van der Waals surface area contributed by atoms with Gasteiger partial charge in [0.1, 0.15) is 0 Å². The van der Waals surface area contributed by atoms with Crippen molar-refractivity contribution >= 4 is 26.4 Å². The third-order valence-corrected chi connectivity index (χ3v) is 1.83. The van der Waals surface area contributed by atoms with E-state index in [4.69, 9.17) is 10.2 Å². The monoisotopic (exact) mass is 264 g/mol. The first-order valence-corrected chi connectivity index (χ1v) is 3.91. The Labute approximate surface area is 76.8 Å². The van der Waals surface area contributed by atoms with E-state index in [9.17, 15) is 4.79 Å². The minimum absolute atomic E-state index is 0.169. The molecular weight excluding hydrogens is 259 g/mol. The van der Waals surface area contributed by atoms with Crippen LogP contribution in [0, 0.1) is 0 Å². The second-order valence-electron chi connectivity index (χ2n) is 1.98. The van der Waals surface area contributed by atoms with E-state index in [1.54, 1.807) is 22.6 Å². The molecule has 0 unspecified atom stereocenters. The van der Waals surface area contributed by atoms with Crippen molar-refractivity contribution in [1.82, 2.24) is 0 Å². The molecule has 2 N–H and O–H groups in total. The summed E-state index contributed by atoms with van der Waals surface area (Å²) in [6.45, 7) is 0. The van der Waals surface area contributed by atoms with E-state index in [0.717, 1.165) is 0 Å². The number of halogens is 1. The Kier molecular flexibility index (Phi) is 2.33. The second-order valence-corrected chi connectivity index (χ2v) is 2.96. The number of benzene rings is 1. The normalized spacial score (nSPS) is 9.55. The van der Waals surface area contributed by atoms with Gasteiger partial charge in [0.15, 0.2) is 11.5 Å². The molecule has 11 heavy (non-hydrogen) atoms. The molecule has 1 rings (SSSR count). The predicted octanol–water partition coefficient (Wildman–Crippen LogP) is 1.67. The van der Waals surface area contributed by atoms with Crippen molar-refractivity contribution in [3.63, 3.8) is 0 Å². The van der Waals surface area contributed by atoms with Gasteiger partial charge >= 0.3 is 0 Å². The maximum Gasteiger partial charge on any atom is 0.222 e. The van der Waals surface area contributed by atoms with E-state index in [0.29, 0.717) is 5.56 Å². The maximum absolute atomic E-state index is 10.7. The lowest BCUT2D eigenvalue weighted by atomic mass is 10.2. The third kappa shape index (κ3) is 1.83. The molecule has 0 radical (unpaired) electrons. The molecule has 1 aromatic rings. The molecule has 0 spiro atoms. The Hall–Kier alpha value is -0.780. The Balaban J connectivity index is 3.15. The number of hydrogen-bond donors (Lipinski definition) is 2. The first-order valence-electron chi connectivity index (χ1n) is 2.83. The van der Waals surface area contributed by atoms with Gasteiger partial charge < -0.3 is 10.2 Å². The van der Waals surface area contributed by atoms with Gasteiger partial charge in [0.2, 0.25) is 3.79 Å². The molecule has 58 valence electrons. The number of carbonyl (C=O) groups is 1. The van der Waals surface area contributed by atoms with E-state index >= 15 is 0 Å². The van der Waals surface area contributed by atoms with Gasteiger partial charge in [-0.25, -0.2) is 0 Å². The van der Waals surface area contributed by atoms with Crippen molar-refractivity contribution in [3.05, 3.63) is 23.8 Å². The van der Waals surface area contributed by atoms with Crippen LogP contribution in [0.4, 0.5) is 0 Å². The molecule has 0 amide bonds. The summed E-state index contributed by atoms with van der Waals surface area (Å²) in [6, 6.07) is 3.95. The van der Waals surface area contributed by atoms with E-state index < -0.39 is 0 Å². The molecule has 0 saturated carbocycles. The van der Waals surface area contributed by atoms with Crippen molar-refractivity contribution in [2.24, 2.45) is 0 Å². The molecule has 1 aromatic carbocycles. The van der Waals surface area contributed by atoms with Crippen molar-refractivity contribution in [3.8, 4) is 11.5 Å². The van der Waals surface area contributed by atoms with Crippen LogP contribution in [0.1, 0.15) is 10.4 Å². The highest BCUT2D eigenvalue weighted by atomic mass is 127. The number of phenols is 2. The van der Waals surface area contributed by atoms with Crippen LogP contribution in [0.3, 0.4) is 0 Å². The highest BCUT2D eigenvalue weighted by Crippen LogP contribution is 2.25. The Bertz CT molecular complexity index is 296. The molecule has 4 heteroatoms. The lowest BCUT2D eigenvalue weighted by molar-refractivity contribution is 0.110. The fourth-order valence-electron chi connectivity index (χ4n) is 0.646. The first-order chi connectivity index (χ1) is 5.11. The highest BCUT2D eigenvalue weighted by molar-refractivity contribution is 14.1. The smallest absolute Gasteiger partial charge is 0.222 e. The fraction of sp³-hybridized carbons (Fsp3) is 0. The average Bonchev–Trinajstić information content (AvgIpc) is 1.94. The number of hydrogen-bond acceptors (Lipinski definition) is 3. The van der Waals surface area contributed by atoms with Crippen LogP contribution in [0.2, 0.25) is 0 Å². The van der Waals surface area contributed by atoms with Crippen molar-refractivity contribution in [1.29, 1.82) is 0 Å². The predicted molar refractivity (Wildman–Crippen MR) is 48.1 cm³/mol. The van der Waals surface area contributed by atoms with Crippen LogP contribution in [0.25, 0.3) is 0 Å². The first kappa shape index (κ1) is 8.32. The van der Waals surface area contributed by atoms with Crippen molar-refractivity contribution in [2.75, 3.05) is 0 Å². The molecule has 0 heterocycles. The average molecular weight is 264 g/mol. The van der Waals surface area contributed by atoms with Crippen molar-refractivity contribution < 1.29 is 15.0 Å². The zero-order valence-corrected chi connectivity index (χ0v) is 7.57. The van der Waals surface area contributed by atoms with Crippen LogP contribution < -0.4 is 0 Å². The molecule has 0 aliphatic rings. The van der Waals surface area contributed by atoms with E-state index in [2.05, 4.69) is 0 Å². The fourth-order valence-corrected chi connectivity index (χ4v) is 0.981. The Morgan fingerprint density at radius 1 is 1.27 bits per heavy atom. The molecule has 0 atom stereocenters. The number of carbonyl (C=O) groups excluding carboxylic acids is 1. The largest absolute Gasteiger partial charge is 0.504 e. The topological polar surface area (TPSA) is 57.5 Å². The van der Waals surface area contributed by atoms with Crippen molar-refractivity contribution in [2.45, 2.75) is 0 Å². The van der Waals surface area contributed by atoms with Crippen LogP contribution >= 0.6 is 22.6 Å². The van der Waals surface area contributed by atoms with Crippen LogP contribution in [0.15, 0.2) is 18.2 Å². The van der Waals surface area contributed by atoms with Gasteiger partial charge in [-0.15, -0.1) is 0 Å². The summed E-state index contributed by atoms with van der Waals surface area (Å²) in [4.78, 5) is 10.7. The summed E-state index contributed by atoms with van der Waals surface area (Å²) in [5.41, 5.74) is 0.376. The SMILES string of the molecule is O=C(I)c1ccc(O)c(O)c1. The Morgan fingerprint density at radius 3 is 2.36 bits per heavy atom. The third-order valence-electron chi connectivity index (χ3n) is 1.20. The number of aromatic hydroxyl groups is 2. The second kappa shape index (κ2) is 3.08. The molecule has 0 fully saturated rings. The van der Waals surface area contributed by atoms with Crippen LogP contribution in [-0.2, 0) is 0 Å². The molecule has 3 nitrogen and oxygen atoms in total. The standard InChI is InChI=1S/C7H5IO3/c8-7(11)4-1-2-5(9)6(10)3-4/h1-3,9-10H. The summed E-state index contributed by atoms with van der Waals surface area (Å²) in [5, 5.41) is 17.8. The highest BCUT2D eigenvalue weighted by Gasteiger charge is 2.04. The number of phenolic OH excluding ortho intramolecular Hbond substituents is 2. The molecule has 0 saturated heterocycles. The minimum Gasteiger partial charge on any atom is -0.504 e. The molecule has 0 aromatic heterocycles. The van der Waals surface area contributed by atoms with Gasteiger partial charge in [-0.2, -0.15) is 0 Å². The lowest BCUT2D eigenvalue weighted by Crippen LogP contribution is -1.85. The van der Waals surface area contributed by atoms with E-state index in [1.807, 2.05) is 0 Å². The minimum atomic E-state index is -0.271. The molecule has 0 aliphatic heterocycles. The van der Waals surface area contributed by atoms with Gasteiger partial charge in [-0.05, 0) is 18.2 Å².